The van der Waals surface area contributed by atoms with Crippen LogP contribution in [0.1, 0.15) is 40.5 Å². The van der Waals surface area contributed by atoms with Gasteiger partial charge in [-0.3, -0.25) is 4.79 Å². The molecule has 5 nitrogen and oxygen atoms in total. The first kappa shape index (κ1) is 16.3. The van der Waals surface area contributed by atoms with Crippen LogP contribution in [-0.4, -0.2) is 15.9 Å². The van der Waals surface area contributed by atoms with Gasteiger partial charge in [-0.05, 0) is 42.7 Å². The highest BCUT2D eigenvalue weighted by molar-refractivity contribution is 6.03. The smallest absolute Gasteiger partial charge is 0.258 e. The predicted octanol–water partition coefficient (Wildman–Crippen LogP) is 4.19. The summed E-state index contributed by atoms with van der Waals surface area (Å²) >= 11 is 0. The van der Waals surface area contributed by atoms with Crippen molar-refractivity contribution in [2.75, 3.05) is 5.32 Å². The molecule has 1 aromatic heterocycles. The minimum Gasteiger partial charge on any atom is -0.489 e. The lowest BCUT2D eigenvalue weighted by atomic mass is 10.2. The van der Waals surface area contributed by atoms with Crippen molar-refractivity contribution in [1.29, 1.82) is 0 Å². The molecule has 130 valence electrons. The Balaban J connectivity index is 1.33. The number of nitrogens with one attached hydrogen (secondary N) is 1. The van der Waals surface area contributed by atoms with Crippen LogP contribution in [0.25, 0.3) is 0 Å². The second-order valence-corrected chi connectivity index (χ2v) is 6.36. The van der Waals surface area contributed by atoms with E-state index in [4.69, 9.17) is 4.74 Å². The number of benzene rings is 2. The zero-order valence-corrected chi connectivity index (χ0v) is 14.3. The highest BCUT2D eigenvalue weighted by Crippen LogP contribution is 2.37. The predicted molar refractivity (Wildman–Crippen MR) is 99.2 cm³/mol. The van der Waals surface area contributed by atoms with Gasteiger partial charge in [0.2, 0.25) is 0 Å². The average Bonchev–Trinajstić information content (AvgIpc) is 3.54. The van der Waals surface area contributed by atoms with Crippen molar-refractivity contribution in [2.45, 2.75) is 25.4 Å². The van der Waals surface area contributed by atoms with Crippen LogP contribution < -0.4 is 10.1 Å². The van der Waals surface area contributed by atoms with Crippen molar-refractivity contribution >= 4 is 11.6 Å². The molecule has 5 heteroatoms. The van der Waals surface area contributed by atoms with Crippen LogP contribution in [0.5, 0.6) is 5.75 Å². The molecule has 1 aliphatic carbocycles. The average molecular weight is 345 g/mol. The summed E-state index contributed by atoms with van der Waals surface area (Å²) < 4.78 is 5.75. The van der Waals surface area contributed by atoms with E-state index in [0.717, 1.165) is 30.0 Å². The number of carbonyl (C=O) groups excluding carboxylic acids is 1. The van der Waals surface area contributed by atoms with Gasteiger partial charge in [-0.1, -0.05) is 30.3 Å². The van der Waals surface area contributed by atoms with Crippen molar-refractivity contribution in [1.82, 2.24) is 9.97 Å². The number of hydrogen-bond acceptors (Lipinski definition) is 4. The fourth-order valence-electron chi connectivity index (χ4n) is 2.59. The van der Waals surface area contributed by atoms with Crippen molar-refractivity contribution in [2.24, 2.45) is 0 Å². The van der Waals surface area contributed by atoms with E-state index in [-0.39, 0.29) is 5.91 Å². The van der Waals surface area contributed by atoms with E-state index >= 15 is 0 Å². The molecule has 0 bridgehead atoms. The molecule has 1 fully saturated rings. The van der Waals surface area contributed by atoms with E-state index in [2.05, 4.69) is 15.3 Å². The maximum absolute atomic E-state index is 12.3. The Kier molecular flexibility index (Phi) is 4.60. The Labute approximate surface area is 152 Å². The minimum absolute atomic E-state index is 0.217. The third-order valence-electron chi connectivity index (χ3n) is 4.24. The summed E-state index contributed by atoms with van der Waals surface area (Å²) in [6.45, 7) is 0.511. The summed E-state index contributed by atoms with van der Waals surface area (Å²) in [5.41, 5.74) is 2.27. The quantitative estimate of drug-likeness (QED) is 0.728. The molecule has 26 heavy (non-hydrogen) atoms. The van der Waals surface area contributed by atoms with Gasteiger partial charge in [0.05, 0.1) is 5.56 Å². The topological polar surface area (TPSA) is 64.1 Å². The van der Waals surface area contributed by atoms with Gasteiger partial charge in [0.25, 0.3) is 5.91 Å². The number of rotatable bonds is 6. The Hall–Kier alpha value is -3.21. The molecule has 0 unspecified atom stereocenters. The molecular weight excluding hydrogens is 326 g/mol. The molecule has 0 radical (unpaired) electrons. The van der Waals surface area contributed by atoms with Gasteiger partial charge in [0.15, 0.2) is 0 Å². The Morgan fingerprint density at radius 1 is 1.00 bits per heavy atom. The lowest BCUT2D eigenvalue weighted by molar-refractivity contribution is 0.102. The molecule has 0 saturated heterocycles. The first-order valence-corrected chi connectivity index (χ1v) is 8.68. The second kappa shape index (κ2) is 7.35. The second-order valence-electron chi connectivity index (χ2n) is 6.36. The van der Waals surface area contributed by atoms with E-state index in [1.807, 2.05) is 54.6 Å². The van der Waals surface area contributed by atoms with E-state index in [1.54, 1.807) is 12.4 Å². The van der Waals surface area contributed by atoms with Crippen LogP contribution in [-0.2, 0) is 6.61 Å². The molecule has 1 heterocycles. The van der Waals surface area contributed by atoms with E-state index in [9.17, 15) is 4.79 Å². The SMILES string of the molecule is O=C(Nc1ccc(OCc2ccccc2)cc1)c1cnc(C2CC2)nc1. The zero-order chi connectivity index (χ0) is 17.8. The molecule has 0 aliphatic heterocycles. The molecule has 1 N–H and O–H groups in total. The minimum atomic E-state index is -0.217. The van der Waals surface area contributed by atoms with Crippen LogP contribution in [0, 0.1) is 0 Å². The third kappa shape index (κ3) is 4.06. The molecule has 1 aliphatic rings. The summed E-state index contributed by atoms with van der Waals surface area (Å²) in [5.74, 6) is 1.85. The summed E-state index contributed by atoms with van der Waals surface area (Å²) in [5, 5.41) is 2.85. The summed E-state index contributed by atoms with van der Waals surface area (Å²) in [7, 11) is 0. The molecule has 1 amide bonds. The summed E-state index contributed by atoms with van der Waals surface area (Å²) in [4.78, 5) is 20.8. The lowest BCUT2D eigenvalue weighted by Gasteiger charge is -2.08. The highest BCUT2D eigenvalue weighted by atomic mass is 16.5. The number of carbonyl (C=O) groups is 1. The third-order valence-corrected chi connectivity index (χ3v) is 4.24. The van der Waals surface area contributed by atoms with Crippen LogP contribution in [0.15, 0.2) is 67.0 Å². The number of ether oxygens (including phenoxy) is 1. The van der Waals surface area contributed by atoms with E-state index in [0.29, 0.717) is 23.8 Å². The fourth-order valence-corrected chi connectivity index (χ4v) is 2.59. The first-order valence-electron chi connectivity index (χ1n) is 8.68. The number of aromatic nitrogens is 2. The van der Waals surface area contributed by atoms with Crippen LogP contribution in [0.3, 0.4) is 0 Å². The highest BCUT2D eigenvalue weighted by Gasteiger charge is 2.26. The molecule has 3 aromatic rings. The molecule has 2 aromatic carbocycles. The maximum atomic E-state index is 12.3. The van der Waals surface area contributed by atoms with Gasteiger partial charge in [0, 0.05) is 24.0 Å². The molecule has 1 saturated carbocycles. The first-order chi connectivity index (χ1) is 12.8. The van der Waals surface area contributed by atoms with Crippen molar-refractivity contribution < 1.29 is 9.53 Å². The van der Waals surface area contributed by atoms with E-state index in [1.165, 1.54) is 0 Å². The number of amides is 1. The number of anilines is 1. The lowest BCUT2D eigenvalue weighted by Crippen LogP contribution is -2.13. The summed E-state index contributed by atoms with van der Waals surface area (Å²) in [6, 6.07) is 17.3. The van der Waals surface area contributed by atoms with Gasteiger partial charge in [-0.25, -0.2) is 9.97 Å². The van der Waals surface area contributed by atoms with Gasteiger partial charge >= 0.3 is 0 Å². The van der Waals surface area contributed by atoms with Gasteiger partial charge < -0.3 is 10.1 Å². The summed E-state index contributed by atoms with van der Waals surface area (Å²) in [6.07, 6.45) is 5.47. The fraction of sp³-hybridized carbons (Fsp3) is 0.190. The standard InChI is InChI=1S/C21H19N3O2/c25-21(17-12-22-20(23-13-17)16-6-7-16)24-18-8-10-19(11-9-18)26-14-15-4-2-1-3-5-15/h1-5,8-13,16H,6-7,14H2,(H,24,25). The van der Waals surface area contributed by atoms with Crippen molar-refractivity contribution in [3.05, 3.63) is 83.9 Å². The van der Waals surface area contributed by atoms with Crippen molar-refractivity contribution in [3.63, 3.8) is 0 Å². The van der Waals surface area contributed by atoms with Crippen LogP contribution in [0.4, 0.5) is 5.69 Å². The van der Waals surface area contributed by atoms with E-state index < -0.39 is 0 Å². The van der Waals surface area contributed by atoms with Crippen LogP contribution in [0.2, 0.25) is 0 Å². The van der Waals surface area contributed by atoms with Gasteiger partial charge in [-0.15, -0.1) is 0 Å². The molecule has 0 atom stereocenters. The monoisotopic (exact) mass is 345 g/mol. The van der Waals surface area contributed by atoms with Gasteiger partial charge in [-0.2, -0.15) is 0 Å². The molecule has 0 spiro atoms. The normalized spacial score (nSPS) is 13.2. The Morgan fingerprint density at radius 3 is 2.35 bits per heavy atom. The van der Waals surface area contributed by atoms with Crippen LogP contribution >= 0.6 is 0 Å². The zero-order valence-electron chi connectivity index (χ0n) is 14.3. The Bertz CT molecular complexity index is 873. The number of hydrogen-bond donors (Lipinski definition) is 1. The largest absolute Gasteiger partial charge is 0.489 e. The maximum Gasteiger partial charge on any atom is 0.258 e. The Morgan fingerprint density at radius 2 is 1.69 bits per heavy atom. The van der Waals surface area contributed by atoms with Gasteiger partial charge in [0.1, 0.15) is 18.2 Å². The molecular formula is C21H19N3O2. The molecule has 4 rings (SSSR count). The van der Waals surface area contributed by atoms with Crippen molar-refractivity contribution in [3.8, 4) is 5.75 Å². The number of nitrogens with zero attached hydrogens (tertiary/aromatic N) is 2.